The molecule has 5 aliphatic heterocycles. The van der Waals surface area contributed by atoms with Gasteiger partial charge in [-0.3, -0.25) is 24.6 Å². The molecule has 284 valence electrons. The minimum atomic E-state index is -0.716. The van der Waals surface area contributed by atoms with E-state index in [2.05, 4.69) is 68.5 Å². The van der Waals surface area contributed by atoms with Gasteiger partial charge in [-0.25, -0.2) is 4.39 Å². The Morgan fingerprint density at radius 2 is 1.56 bits per heavy atom. The van der Waals surface area contributed by atoms with Crippen molar-refractivity contribution in [2.24, 2.45) is 5.92 Å². The molecule has 10 nitrogen and oxygen atoms in total. The number of rotatable bonds is 7. The number of anilines is 2. The number of piperidine rings is 2. The van der Waals surface area contributed by atoms with Crippen LogP contribution in [0, 0.1) is 11.7 Å². The summed E-state index contributed by atoms with van der Waals surface area (Å²) in [6.07, 6.45) is 2.70. The summed E-state index contributed by atoms with van der Waals surface area (Å²) in [7, 11) is 0. The molecule has 3 amide bonds. The number of phenols is 1. The number of aromatic hydroxyl groups is 1. The van der Waals surface area contributed by atoms with Gasteiger partial charge < -0.3 is 24.5 Å². The van der Waals surface area contributed by atoms with Crippen LogP contribution in [0.15, 0.2) is 84.9 Å². The highest BCUT2D eigenvalue weighted by Crippen LogP contribution is 2.47. The number of hydrogen-bond acceptors (Lipinski definition) is 8. The van der Waals surface area contributed by atoms with Gasteiger partial charge in [-0.05, 0) is 72.2 Å². The molecule has 3 atom stereocenters. The molecule has 5 aliphatic rings. The molecule has 0 aromatic heterocycles. The van der Waals surface area contributed by atoms with Crippen LogP contribution in [-0.2, 0) is 16.1 Å². The Morgan fingerprint density at radius 3 is 2.31 bits per heavy atom. The zero-order chi connectivity index (χ0) is 37.6. The molecule has 4 aromatic rings. The lowest BCUT2D eigenvalue weighted by molar-refractivity contribution is -0.136. The average molecular weight is 744 g/mol. The molecule has 11 heteroatoms. The Hall–Kier alpha value is -5.42. The molecule has 0 saturated carbocycles. The molecule has 0 aliphatic carbocycles. The molecule has 4 aromatic carbocycles. The van der Waals surface area contributed by atoms with E-state index < -0.39 is 17.8 Å². The highest BCUT2D eigenvalue weighted by Gasteiger charge is 2.40. The summed E-state index contributed by atoms with van der Waals surface area (Å²) in [6, 6.07) is 27.4. The van der Waals surface area contributed by atoms with E-state index in [1.54, 1.807) is 18.2 Å². The van der Waals surface area contributed by atoms with E-state index in [4.69, 9.17) is 4.74 Å². The van der Waals surface area contributed by atoms with Crippen LogP contribution in [0.5, 0.6) is 11.5 Å². The largest absolute Gasteiger partial charge is 0.508 e. The monoisotopic (exact) mass is 743 g/mol. The van der Waals surface area contributed by atoms with Gasteiger partial charge in [0, 0.05) is 93.5 Å². The lowest BCUT2D eigenvalue weighted by Gasteiger charge is -2.40. The fourth-order valence-electron chi connectivity index (χ4n) is 9.42. The number of benzene rings is 4. The number of fused-ring (bicyclic) bond motifs is 2. The van der Waals surface area contributed by atoms with Crippen molar-refractivity contribution in [1.82, 2.24) is 15.1 Å². The minimum Gasteiger partial charge on any atom is -0.508 e. The van der Waals surface area contributed by atoms with E-state index in [0.717, 1.165) is 62.4 Å². The van der Waals surface area contributed by atoms with Gasteiger partial charge in [-0.1, -0.05) is 48.5 Å². The van der Waals surface area contributed by atoms with E-state index in [-0.39, 0.29) is 48.8 Å². The van der Waals surface area contributed by atoms with Gasteiger partial charge in [0.2, 0.25) is 11.8 Å². The lowest BCUT2D eigenvalue weighted by atomic mass is 9.76. The fraction of sp³-hybridized carbons (Fsp3) is 0.386. The summed E-state index contributed by atoms with van der Waals surface area (Å²) < 4.78 is 21.6. The Kier molecular flexibility index (Phi) is 9.41. The summed E-state index contributed by atoms with van der Waals surface area (Å²) in [5, 5.41) is 12.5. The minimum absolute atomic E-state index is 0.116. The van der Waals surface area contributed by atoms with Gasteiger partial charge >= 0.3 is 0 Å². The Bertz CT molecular complexity index is 2100. The number of carbonyl (C=O) groups is 3. The van der Waals surface area contributed by atoms with Crippen LogP contribution in [0.2, 0.25) is 0 Å². The molecule has 3 fully saturated rings. The topological polar surface area (TPSA) is 106 Å². The molecule has 3 unspecified atom stereocenters. The fourth-order valence-corrected chi connectivity index (χ4v) is 9.42. The third-order valence-electron chi connectivity index (χ3n) is 12.4. The molecular weight excluding hydrogens is 698 g/mol. The molecule has 5 heterocycles. The highest BCUT2D eigenvalue weighted by atomic mass is 19.1. The Balaban J connectivity index is 0.790. The highest BCUT2D eigenvalue weighted by molar-refractivity contribution is 6.05. The van der Waals surface area contributed by atoms with Crippen LogP contribution in [0.4, 0.5) is 15.8 Å². The number of halogens is 1. The smallest absolute Gasteiger partial charge is 0.255 e. The third-order valence-corrected chi connectivity index (χ3v) is 12.4. The quantitative estimate of drug-likeness (QED) is 0.235. The first-order chi connectivity index (χ1) is 26.8. The van der Waals surface area contributed by atoms with Crippen molar-refractivity contribution >= 4 is 29.1 Å². The number of nitrogens with zero attached hydrogens (tertiary/aromatic N) is 4. The number of amides is 3. The van der Waals surface area contributed by atoms with Crippen molar-refractivity contribution < 1.29 is 28.6 Å². The standard InChI is InChI=1S/C44H46FN5O5/c45-37-24-35-31(26-50(44(35)54)38-12-13-41(52)46-43(38)53)22-39(37)49-20-18-47(19-21-49)25-28-14-16-48(17-15-28)32-8-6-30(7-9-32)42-34-11-10-33(51)23-40(34)55-27-36(42)29-4-2-1-3-5-29/h1-11,22-24,28,36,38,42,51H,12-21,25-27H2,(H,46,52,53). The van der Waals surface area contributed by atoms with Gasteiger partial charge in [0.15, 0.2) is 0 Å². The number of piperazine rings is 1. The number of hydrogen-bond donors (Lipinski definition) is 2. The lowest BCUT2D eigenvalue weighted by Crippen LogP contribution is -2.52. The van der Waals surface area contributed by atoms with Crippen molar-refractivity contribution in [3.8, 4) is 11.5 Å². The summed E-state index contributed by atoms with van der Waals surface area (Å²) in [5.74, 6) is 0.274. The zero-order valence-electron chi connectivity index (χ0n) is 30.8. The second kappa shape index (κ2) is 14.7. The van der Waals surface area contributed by atoms with E-state index >= 15 is 4.39 Å². The SMILES string of the molecule is O=C1CCC(N2Cc3cc(N4CCN(CC5CCN(c6ccc(C7c8ccc(O)cc8OCC7c7ccccc7)cc6)CC5)CC4)c(F)cc3C2=O)C(=O)N1. The van der Waals surface area contributed by atoms with Crippen molar-refractivity contribution in [1.29, 1.82) is 0 Å². The number of ether oxygens (including phenoxy) is 1. The van der Waals surface area contributed by atoms with E-state index in [1.165, 1.54) is 27.8 Å². The maximum absolute atomic E-state index is 15.5. The molecule has 3 saturated heterocycles. The molecule has 0 radical (unpaired) electrons. The van der Waals surface area contributed by atoms with Gasteiger partial charge in [-0.15, -0.1) is 0 Å². The number of nitrogens with one attached hydrogen (secondary N) is 1. The molecule has 0 bridgehead atoms. The van der Waals surface area contributed by atoms with Gasteiger partial charge in [0.25, 0.3) is 5.91 Å². The van der Waals surface area contributed by atoms with Crippen molar-refractivity contribution in [2.45, 2.75) is 50.1 Å². The van der Waals surface area contributed by atoms with Crippen molar-refractivity contribution in [2.75, 3.05) is 62.2 Å². The number of imide groups is 1. The second-order valence-electron chi connectivity index (χ2n) is 15.7. The van der Waals surface area contributed by atoms with Crippen LogP contribution >= 0.6 is 0 Å². The molecule has 55 heavy (non-hydrogen) atoms. The summed E-state index contributed by atoms with van der Waals surface area (Å²) in [6.45, 7) is 6.93. The van der Waals surface area contributed by atoms with Crippen molar-refractivity contribution in [3.63, 3.8) is 0 Å². The maximum Gasteiger partial charge on any atom is 0.255 e. The van der Waals surface area contributed by atoms with Crippen molar-refractivity contribution in [3.05, 3.63) is 119 Å². The van der Waals surface area contributed by atoms with Crippen LogP contribution in [0.3, 0.4) is 0 Å². The normalized spacial score (nSPS) is 23.3. The first-order valence-electron chi connectivity index (χ1n) is 19.6. The van der Waals surface area contributed by atoms with Gasteiger partial charge in [0.1, 0.15) is 23.4 Å². The first kappa shape index (κ1) is 35.3. The molecule has 2 N–H and O–H groups in total. The summed E-state index contributed by atoms with van der Waals surface area (Å²) in [4.78, 5) is 45.7. The molecule has 9 rings (SSSR count). The maximum atomic E-state index is 15.5. The summed E-state index contributed by atoms with van der Waals surface area (Å²) in [5.41, 5.74) is 6.35. The average Bonchev–Trinajstić information content (AvgIpc) is 3.52. The van der Waals surface area contributed by atoms with Gasteiger partial charge in [-0.2, -0.15) is 0 Å². The predicted octanol–water partition coefficient (Wildman–Crippen LogP) is 5.64. The van der Waals surface area contributed by atoms with Crippen LogP contribution in [-0.4, -0.2) is 91.1 Å². The first-order valence-corrected chi connectivity index (χ1v) is 19.6. The van der Waals surface area contributed by atoms with Crippen LogP contribution in [0.1, 0.15) is 70.1 Å². The Morgan fingerprint density at radius 1 is 0.800 bits per heavy atom. The Labute approximate surface area is 320 Å². The number of phenolic OH excluding ortho intramolecular Hbond substituents is 1. The summed E-state index contributed by atoms with van der Waals surface area (Å²) >= 11 is 0. The number of carbonyl (C=O) groups excluding carboxylic acids is 3. The third kappa shape index (κ3) is 6.90. The predicted molar refractivity (Wildman–Crippen MR) is 207 cm³/mol. The second-order valence-corrected chi connectivity index (χ2v) is 15.7. The van der Waals surface area contributed by atoms with E-state index in [9.17, 15) is 19.5 Å². The van der Waals surface area contributed by atoms with Crippen LogP contribution < -0.4 is 19.9 Å². The van der Waals surface area contributed by atoms with Crippen LogP contribution in [0.25, 0.3) is 0 Å². The van der Waals surface area contributed by atoms with Gasteiger partial charge in [0.05, 0.1) is 12.3 Å². The van der Waals surface area contributed by atoms with E-state index in [0.29, 0.717) is 36.9 Å². The molecule has 0 spiro atoms. The zero-order valence-corrected chi connectivity index (χ0v) is 30.8. The molecular formula is C44H46FN5O5. The van der Waals surface area contributed by atoms with E-state index in [1.807, 2.05) is 12.1 Å².